The van der Waals surface area contributed by atoms with E-state index in [0.29, 0.717) is 12.2 Å². The van der Waals surface area contributed by atoms with Gasteiger partial charge in [-0.2, -0.15) is 0 Å². The summed E-state index contributed by atoms with van der Waals surface area (Å²) in [5.41, 5.74) is 1.29. The first-order chi connectivity index (χ1) is 5.04. The number of rotatable bonds is 4. The van der Waals surface area contributed by atoms with Crippen LogP contribution in [0.5, 0.6) is 0 Å². The van der Waals surface area contributed by atoms with Gasteiger partial charge in [0, 0.05) is 12.3 Å². The lowest BCUT2D eigenvalue weighted by molar-refractivity contribution is -0.121. The number of allylic oxidation sites excluding steroid dienone is 2. The second-order valence-corrected chi connectivity index (χ2v) is 3.44. The molecule has 0 aliphatic carbocycles. The van der Waals surface area contributed by atoms with Crippen molar-refractivity contribution in [2.24, 2.45) is 5.92 Å². The Kier molecular flexibility index (Phi) is 4.84. The normalized spacial score (nSPS) is 9.91. The summed E-state index contributed by atoms with van der Waals surface area (Å²) in [5, 5.41) is 0. The number of carbonyl (C=O) groups excluding carboxylic acids is 1. The van der Waals surface area contributed by atoms with Crippen LogP contribution in [0.4, 0.5) is 0 Å². The SMILES string of the molecule is CC(C)=CCCC(=O)C(C)C. The molecule has 0 N–H and O–H groups in total. The van der Waals surface area contributed by atoms with Crippen LogP contribution in [0.15, 0.2) is 11.6 Å². The van der Waals surface area contributed by atoms with Gasteiger partial charge in [0.15, 0.2) is 0 Å². The van der Waals surface area contributed by atoms with Crippen molar-refractivity contribution in [2.45, 2.75) is 40.5 Å². The van der Waals surface area contributed by atoms with Crippen molar-refractivity contribution in [3.63, 3.8) is 0 Å². The first-order valence-electron chi connectivity index (χ1n) is 4.20. The number of Topliss-reactive ketones (excluding diaryl/α,β-unsaturated/α-hetero) is 1. The molecule has 0 heterocycles. The molecule has 1 heteroatoms. The van der Waals surface area contributed by atoms with Crippen molar-refractivity contribution >= 4 is 5.78 Å². The fourth-order valence-electron chi connectivity index (χ4n) is 0.792. The van der Waals surface area contributed by atoms with E-state index in [0.717, 1.165) is 6.42 Å². The Balaban J connectivity index is 3.56. The lowest BCUT2D eigenvalue weighted by Crippen LogP contribution is -2.05. The Morgan fingerprint density at radius 3 is 2.27 bits per heavy atom. The summed E-state index contributed by atoms with van der Waals surface area (Å²) in [6.07, 6.45) is 3.71. The summed E-state index contributed by atoms with van der Waals surface area (Å²) in [4.78, 5) is 11.1. The van der Waals surface area contributed by atoms with Crippen molar-refractivity contribution in [1.29, 1.82) is 0 Å². The zero-order chi connectivity index (χ0) is 8.85. The van der Waals surface area contributed by atoms with Gasteiger partial charge in [0.25, 0.3) is 0 Å². The van der Waals surface area contributed by atoms with Gasteiger partial charge in [-0.05, 0) is 20.3 Å². The average Bonchev–Trinajstić information content (AvgIpc) is 1.86. The van der Waals surface area contributed by atoms with Crippen LogP contribution in [0.25, 0.3) is 0 Å². The standard InChI is InChI=1S/C10H18O/c1-8(2)6-5-7-10(11)9(3)4/h6,9H,5,7H2,1-4H3. The van der Waals surface area contributed by atoms with E-state index in [4.69, 9.17) is 0 Å². The van der Waals surface area contributed by atoms with E-state index >= 15 is 0 Å². The molecule has 0 fully saturated rings. The molecule has 0 saturated heterocycles. The molecule has 0 aromatic carbocycles. The van der Waals surface area contributed by atoms with E-state index in [9.17, 15) is 4.79 Å². The van der Waals surface area contributed by atoms with Crippen LogP contribution in [-0.4, -0.2) is 5.78 Å². The topological polar surface area (TPSA) is 17.1 Å². The lowest BCUT2D eigenvalue weighted by atomic mass is 10.0. The van der Waals surface area contributed by atoms with Gasteiger partial charge in [-0.3, -0.25) is 4.79 Å². The summed E-state index contributed by atoms with van der Waals surface area (Å²) < 4.78 is 0. The molecule has 0 spiro atoms. The van der Waals surface area contributed by atoms with Crippen molar-refractivity contribution in [2.75, 3.05) is 0 Å². The van der Waals surface area contributed by atoms with Crippen LogP contribution in [0.3, 0.4) is 0 Å². The molecular weight excluding hydrogens is 136 g/mol. The van der Waals surface area contributed by atoms with Crippen molar-refractivity contribution in [1.82, 2.24) is 0 Å². The molecule has 0 aromatic heterocycles. The van der Waals surface area contributed by atoms with Gasteiger partial charge in [0.05, 0.1) is 0 Å². The minimum absolute atomic E-state index is 0.195. The Morgan fingerprint density at radius 1 is 1.36 bits per heavy atom. The third kappa shape index (κ3) is 5.84. The average molecular weight is 154 g/mol. The van der Waals surface area contributed by atoms with Gasteiger partial charge < -0.3 is 0 Å². The van der Waals surface area contributed by atoms with E-state index in [1.54, 1.807) is 0 Å². The molecule has 0 aromatic rings. The number of carbonyl (C=O) groups is 1. The smallest absolute Gasteiger partial charge is 0.135 e. The third-order valence-corrected chi connectivity index (χ3v) is 1.59. The van der Waals surface area contributed by atoms with Crippen LogP contribution in [-0.2, 0) is 4.79 Å². The molecule has 0 aliphatic heterocycles. The molecule has 0 aliphatic rings. The molecule has 11 heavy (non-hydrogen) atoms. The van der Waals surface area contributed by atoms with E-state index < -0.39 is 0 Å². The maximum atomic E-state index is 11.1. The van der Waals surface area contributed by atoms with Crippen molar-refractivity contribution < 1.29 is 4.79 Å². The number of hydrogen-bond donors (Lipinski definition) is 0. The molecule has 1 nitrogen and oxygen atoms in total. The molecule has 64 valence electrons. The predicted molar refractivity (Wildman–Crippen MR) is 48.5 cm³/mol. The van der Waals surface area contributed by atoms with E-state index in [2.05, 4.69) is 19.9 Å². The van der Waals surface area contributed by atoms with Gasteiger partial charge in [-0.25, -0.2) is 0 Å². The van der Waals surface area contributed by atoms with E-state index in [-0.39, 0.29) is 5.92 Å². The molecule has 0 unspecified atom stereocenters. The zero-order valence-electron chi connectivity index (χ0n) is 7.98. The Morgan fingerprint density at radius 2 is 1.91 bits per heavy atom. The minimum atomic E-state index is 0.195. The van der Waals surface area contributed by atoms with Crippen LogP contribution < -0.4 is 0 Å². The zero-order valence-corrected chi connectivity index (χ0v) is 7.98. The van der Waals surface area contributed by atoms with Crippen molar-refractivity contribution in [3.05, 3.63) is 11.6 Å². The highest BCUT2D eigenvalue weighted by Crippen LogP contribution is 2.03. The second-order valence-electron chi connectivity index (χ2n) is 3.44. The van der Waals surface area contributed by atoms with Gasteiger partial charge in [0.2, 0.25) is 0 Å². The third-order valence-electron chi connectivity index (χ3n) is 1.59. The maximum Gasteiger partial charge on any atom is 0.135 e. The largest absolute Gasteiger partial charge is 0.299 e. The van der Waals surface area contributed by atoms with E-state index in [1.165, 1.54) is 5.57 Å². The highest BCUT2D eigenvalue weighted by molar-refractivity contribution is 5.80. The summed E-state index contributed by atoms with van der Waals surface area (Å²) >= 11 is 0. The van der Waals surface area contributed by atoms with Crippen LogP contribution in [0, 0.1) is 5.92 Å². The molecule has 0 radical (unpaired) electrons. The number of hydrogen-bond acceptors (Lipinski definition) is 1. The molecule has 0 bridgehead atoms. The highest BCUT2D eigenvalue weighted by Gasteiger charge is 2.04. The van der Waals surface area contributed by atoms with Crippen LogP contribution >= 0.6 is 0 Å². The van der Waals surface area contributed by atoms with Crippen LogP contribution in [0.2, 0.25) is 0 Å². The fourth-order valence-corrected chi connectivity index (χ4v) is 0.792. The van der Waals surface area contributed by atoms with Crippen LogP contribution in [0.1, 0.15) is 40.5 Å². The molecule has 0 saturated carbocycles. The minimum Gasteiger partial charge on any atom is -0.299 e. The Labute approximate surface area is 69.5 Å². The molecule has 0 atom stereocenters. The second kappa shape index (κ2) is 5.11. The highest BCUT2D eigenvalue weighted by atomic mass is 16.1. The van der Waals surface area contributed by atoms with Gasteiger partial charge >= 0.3 is 0 Å². The summed E-state index contributed by atoms with van der Waals surface area (Å²) in [5.74, 6) is 0.558. The first kappa shape index (κ1) is 10.4. The summed E-state index contributed by atoms with van der Waals surface area (Å²) in [6, 6.07) is 0. The van der Waals surface area contributed by atoms with Gasteiger partial charge in [0.1, 0.15) is 5.78 Å². The quantitative estimate of drug-likeness (QED) is 0.569. The number of ketones is 1. The monoisotopic (exact) mass is 154 g/mol. The lowest BCUT2D eigenvalue weighted by Gasteiger charge is -2.00. The maximum absolute atomic E-state index is 11.1. The predicted octanol–water partition coefficient (Wildman–Crippen LogP) is 2.96. The Bertz CT molecular complexity index is 150. The van der Waals surface area contributed by atoms with Gasteiger partial charge in [-0.1, -0.05) is 25.5 Å². The Hall–Kier alpha value is -0.590. The first-order valence-corrected chi connectivity index (χ1v) is 4.20. The molecular formula is C10H18O. The fraction of sp³-hybridized carbons (Fsp3) is 0.700. The van der Waals surface area contributed by atoms with Gasteiger partial charge in [-0.15, -0.1) is 0 Å². The van der Waals surface area contributed by atoms with E-state index in [1.807, 2.05) is 13.8 Å². The molecule has 0 amide bonds. The summed E-state index contributed by atoms with van der Waals surface area (Å²) in [6.45, 7) is 8.01. The summed E-state index contributed by atoms with van der Waals surface area (Å²) in [7, 11) is 0. The van der Waals surface area contributed by atoms with Crippen molar-refractivity contribution in [3.8, 4) is 0 Å². The molecule has 0 rings (SSSR count).